The lowest BCUT2D eigenvalue weighted by atomic mass is 10.2. The standard InChI is InChI=1S/C15H14FN3O/c1-10(17)13-9-18-8-7-12(16)14(18)15(20)19(13)11-5-3-2-4-6-11/h2-10H,17H2,1H3/t10-/m1/s1. The zero-order chi connectivity index (χ0) is 14.3. The fraction of sp³-hybridized carbons (Fsp3) is 0.133. The Bertz CT molecular complexity index is 818. The number of hydrogen-bond donors (Lipinski definition) is 1. The molecule has 0 aliphatic carbocycles. The Kier molecular flexibility index (Phi) is 2.91. The molecule has 2 N–H and O–H groups in total. The molecule has 2 aromatic heterocycles. The molecule has 3 aromatic rings. The quantitative estimate of drug-likeness (QED) is 0.777. The maximum atomic E-state index is 13.8. The summed E-state index contributed by atoms with van der Waals surface area (Å²) in [5.74, 6) is -0.532. The van der Waals surface area contributed by atoms with Gasteiger partial charge in [-0.25, -0.2) is 4.39 Å². The van der Waals surface area contributed by atoms with E-state index in [-0.39, 0.29) is 11.6 Å². The third kappa shape index (κ3) is 1.83. The van der Waals surface area contributed by atoms with Gasteiger partial charge in [0, 0.05) is 24.1 Å². The van der Waals surface area contributed by atoms with Crippen LogP contribution in [0.15, 0.2) is 53.6 Å². The number of rotatable bonds is 2. The summed E-state index contributed by atoms with van der Waals surface area (Å²) in [6, 6.07) is 10.0. The topological polar surface area (TPSA) is 52.4 Å². The molecule has 1 aromatic carbocycles. The molecule has 0 radical (unpaired) electrons. The van der Waals surface area contributed by atoms with Crippen molar-refractivity contribution in [2.24, 2.45) is 5.73 Å². The second kappa shape index (κ2) is 4.61. The van der Waals surface area contributed by atoms with Gasteiger partial charge < -0.3 is 10.1 Å². The highest BCUT2D eigenvalue weighted by molar-refractivity contribution is 5.50. The lowest BCUT2D eigenvalue weighted by Gasteiger charge is -2.16. The number of aromatic nitrogens is 2. The van der Waals surface area contributed by atoms with Crippen LogP contribution in [0.5, 0.6) is 0 Å². The first kappa shape index (κ1) is 12.6. The van der Waals surface area contributed by atoms with E-state index in [1.54, 1.807) is 25.3 Å². The largest absolute Gasteiger partial charge is 0.323 e. The Hall–Kier alpha value is -2.40. The van der Waals surface area contributed by atoms with Crippen LogP contribution in [0, 0.1) is 5.82 Å². The summed E-state index contributed by atoms with van der Waals surface area (Å²) in [4.78, 5) is 12.6. The van der Waals surface area contributed by atoms with E-state index in [1.165, 1.54) is 21.2 Å². The van der Waals surface area contributed by atoms with Crippen LogP contribution < -0.4 is 11.3 Å². The molecule has 0 amide bonds. The Morgan fingerprint density at radius 2 is 1.90 bits per heavy atom. The van der Waals surface area contributed by atoms with Gasteiger partial charge >= 0.3 is 0 Å². The van der Waals surface area contributed by atoms with Crippen LogP contribution in [0.3, 0.4) is 0 Å². The lowest BCUT2D eigenvalue weighted by molar-refractivity contribution is 0.635. The molecule has 0 spiro atoms. The van der Waals surface area contributed by atoms with Crippen LogP contribution in [-0.2, 0) is 0 Å². The van der Waals surface area contributed by atoms with Gasteiger partial charge in [-0.1, -0.05) is 18.2 Å². The molecule has 0 aliphatic rings. The van der Waals surface area contributed by atoms with Crippen molar-refractivity contribution in [3.05, 3.63) is 70.7 Å². The molecule has 0 bridgehead atoms. The molecule has 0 unspecified atom stereocenters. The number of halogens is 1. The third-order valence-corrected chi connectivity index (χ3v) is 3.28. The maximum Gasteiger partial charge on any atom is 0.282 e. The smallest absolute Gasteiger partial charge is 0.282 e. The summed E-state index contributed by atoms with van der Waals surface area (Å²) in [5.41, 5.74) is 6.87. The Balaban J connectivity index is 2.45. The van der Waals surface area contributed by atoms with Crippen molar-refractivity contribution in [2.45, 2.75) is 13.0 Å². The summed E-state index contributed by atoms with van der Waals surface area (Å²) in [6.07, 6.45) is 3.21. The summed E-state index contributed by atoms with van der Waals surface area (Å²) >= 11 is 0. The van der Waals surface area contributed by atoms with Crippen LogP contribution in [-0.4, -0.2) is 8.97 Å². The summed E-state index contributed by atoms with van der Waals surface area (Å²) < 4.78 is 16.7. The van der Waals surface area contributed by atoms with Crippen LogP contribution in [0.25, 0.3) is 11.2 Å². The first-order valence-corrected chi connectivity index (χ1v) is 6.32. The molecule has 0 saturated heterocycles. The molecule has 3 rings (SSSR count). The maximum absolute atomic E-state index is 13.8. The first-order valence-electron chi connectivity index (χ1n) is 6.32. The average molecular weight is 271 g/mol. The van der Waals surface area contributed by atoms with Crippen LogP contribution in [0.4, 0.5) is 4.39 Å². The zero-order valence-corrected chi connectivity index (χ0v) is 11.0. The Morgan fingerprint density at radius 1 is 1.20 bits per heavy atom. The van der Waals surface area contributed by atoms with Crippen molar-refractivity contribution in [2.75, 3.05) is 0 Å². The molecule has 20 heavy (non-hydrogen) atoms. The SMILES string of the molecule is C[C@@H](N)c1cn2ccc(F)c2c(=O)n1-c1ccccc1. The molecule has 4 nitrogen and oxygen atoms in total. The number of nitrogens with two attached hydrogens (primary N) is 1. The molecule has 0 aliphatic heterocycles. The van der Waals surface area contributed by atoms with Crippen molar-refractivity contribution in [1.29, 1.82) is 0 Å². The average Bonchev–Trinajstić information content (AvgIpc) is 2.81. The predicted molar refractivity (Wildman–Crippen MR) is 75.6 cm³/mol. The van der Waals surface area contributed by atoms with Gasteiger partial charge in [-0.3, -0.25) is 9.36 Å². The van der Waals surface area contributed by atoms with E-state index >= 15 is 0 Å². The summed E-state index contributed by atoms with van der Waals surface area (Å²) in [7, 11) is 0. The summed E-state index contributed by atoms with van der Waals surface area (Å²) in [6.45, 7) is 1.79. The van der Waals surface area contributed by atoms with E-state index in [4.69, 9.17) is 5.73 Å². The van der Waals surface area contributed by atoms with Crippen molar-refractivity contribution >= 4 is 5.52 Å². The first-order chi connectivity index (χ1) is 9.59. The van der Waals surface area contributed by atoms with Gasteiger partial charge in [0.2, 0.25) is 0 Å². The van der Waals surface area contributed by atoms with Gasteiger partial charge in [-0.2, -0.15) is 0 Å². The van der Waals surface area contributed by atoms with E-state index in [1.807, 2.05) is 18.2 Å². The lowest BCUT2D eigenvalue weighted by Crippen LogP contribution is -2.27. The van der Waals surface area contributed by atoms with Crippen molar-refractivity contribution in [3.8, 4) is 5.69 Å². The van der Waals surface area contributed by atoms with Crippen LogP contribution in [0.2, 0.25) is 0 Å². The van der Waals surface area contributed by atoms with Crippen molar-refractivity contribution in [1.82, 2.24) is 8.97 Å². The van der Waals surface area contributed by atoms with Crippen LogP contribution in [0.1, 0.15) is 18.7 Å². The van der Waals surface area contributed by atoms with Crippen LogP contribution >= 0.6 is 0 Å². The number of para-hydroxylation sites is 1. The minimum atomic E-state index is -0.532. The van der Waals surface area contributed by atoms with Crippen molar-refractivity contribution in [3.63, 3.8) is 0 Å². The predicted octanol–water partition coefficient (Wildman–Crippen LogP) is 2.25. The fourth-order valence-electron chi connectivity index (χ4n) is 2.33. The van der Waals surface area contributed by atoms with Gasteiger partial charge in [0.05, 0.1) is 5.69 Å². The Morgan fingerprint density at radius 3 is 2.55 bits per heavy atom. The fourth-order valence-corrected chi connectivity index (χ4v) is 2.33. The van der Waals surface area contributed by atoms with Gasteiger partial charge in [-0.05, 0) is 25.1 Å². The minimum absolute atomic E-state index is 0.0262. The molecule has 0 saturated carbocycles. The number of fused-ring (bicyclic) bond motifs is 1. The molecular formula is C15H14FN3O. The molecule has 102 valence electrons. The van der Waals surface area contributed by atoms with E-state index < -0.39 is 11.4 Å². The van der Waals surface area contributed by atoms with Gasteiger partial charge in [0.15, 0.2) is 5.82 Å². The van der Waals surface area contributed by atoms with Gasteiger partial charge in [0.1, 0.15) is 5.52 Å². The minimum Gasteiger partial charge on any atom is -0.323 e. The van der Waals surface area contributed by atoms with E-state index in [0.717, 1.165) is 0 Å². The molecule has 1 atom stereocenters. The normalized spacial score (nSPS) is 12.8. The van der Waals surface area contributed by atoms with E-state index in [0.29, 0.717) is 11.4 Å². The van der Waals surface area contributed by atoms with Gasteiger partial charge in [0.25, 0.3) is 5.56 Å². The molecular weight excluding hydrogens is 257 g/mol. The zero-order valence-electron chi connectivity index (χ0n) is 11.0. The second-order valence-electron chi connectivity index (χ2n) is 4.74. The third-order valence-electron chi connectivity index (χ3n) is 3.28. The highest BCUT2D eigenvalue weighted by Gasteiger charge is 2.16. The molecule has 2 heterocycles. The highest BCUT2D eigenvalue weighted by Crippen LogP contribution is 2.16. The number of benzene rings is 1. The molecule has 5 heteroatoms. The number of nitrogens with zero attached hydrogens (tertiary/aromatic N) is 2. The second-order valence-corrected chi connectivity index (χ2v) is 4.74. The molecule has 0 fully saturated rings. The van der Waals surface area contributed by atoms with E-state index in [9.17, 15) is 9.18 Å². The van der Waals surface area contributed by atoms with Crippen molar-refractivity contribution < 1.29 is 4.39 Å². The monoisotopic (exact) mass is 271 g/mol. The van der Waals surface area contributed by atoms with E-state index in [2.05, 4.69) is 0 Å². The summed E-state index contributed by atoms with van der Waals surface area (Å²) in [5, 5.41) is 0. The Labute approximate surface area is 114 Å². The highest BCUT2D eigenvalue weighted by atomic mass is 19.1. The number of hydrogen-bond acceptors (Lipinski definition) is 2. The van der Waals surface area contributed by atoms with Gasteiger partial charge in [-0.15, -0.1) is 0 Å².